The van der Waals surface area contributed by atoms with Crippen molar-refractivity contribution < 1.29 is 14.1 Å². The van der Waals surface area contributed by atoms with Gasteiger partial charge in [0.2, 0.25) is 0 Å². The molecule has 0 spiro atoms. The number of carbonyl (C=O) groups is 1. The first kappa shape index (κ1) is 17.5. The van der Waals surface area contributed by atoms with E-state index < -0.39 is 5.97 Å². The third-order valence-corrected chi connectivity index (χ3v) is 4.74. The molecule has 4 aromatic rings. The van der Waals surface area contributed by atoms with Crippen LogP contribution in [0.4, 0.5) is 0 Å². The van der Waals surface area contributed by atoms with E-state index in [1.54, 1.807) is 43.5 Å². The topological polar surface area (TPSA) is 65.2 Å². The van der Waals surface area contributed by atoms with Crippen molar-refractivity contribution in [1.29, 1.82) is 0 Å². The largest absolute Gasteiger partial charge is 0.419 e. The van der Waals surface area contributed by atoms with Crippen molar-refractivity contribution in [2.24, 2.45) is 0 Å². The number of hydrogen-bond acceptors (Lipinski definition) is 5. The molecule has 4 rings (SSSR count). The molecular weight excluding hydrogens is 387 g/mol. The van der Waals surface area contributed by atoms with Crippen LogP contribution in [0.15, 0.2) is 59.3 Å². The number of pyridine rings is 1. The van der Waals surface area contributed by atoms with E-state index in [2.05, 4.69) is 10.1 Å². The molecule has 0 N–H and O–H groups in total. The number of benzene rings is 2. The van der Waals surface area contributed by atoms with Crippen LogP contribution in [0.1, 0.15) is 16.1 Å². The highest BCUT2D eigenvalue weighted by Crippen LogP contribution is 2.37. The number of esters is 1. The number of ether oxygens (including phenoxy) is 1. The van der Waals surface area contributed by atoms with Gasteiger partial charge in [0.05, 0.1) is 15.6 Å². The van der Waals surface area contributed by atoms with Crippen molar-refractivity contribution in [3.05, 3.63) is 76.0 Å². The van der Waals surface area contributed by atoms with E-state index in [0.29, 0.717) is 38.2 Å². The fourth-order valence-corrected chi connectivity index (χ4v) is 3.35. The van der Waals surface area contributed by atoms with Crippen LogP contribution in [0, 0.1) is 6.92 Å². The van der Waals surface area contributed by atoms with Gasteiger partial charge in [0.1, 0.15) is 5.52 Å². The number of hydrogen-bond donors (Lipinski definition) is 0. The zero-order chi connectivity index (χ0) is 19.0. The van der Waals surface area contributed by atoms with Crippen LogP contribution in [-0.4, -0.2) is 16.1 Å². The molecule has 0 aliphatic rings. The summed E-state index contributed by atoms with van der Waals surface area (Å²) in [5.41, 5.74) is 1.61. The summed E-state index contributed by atoms with van der Waals surface area (Å²) in [7, 11) is 0. The number of para-hydroxylation sites is 1. The van der Waals surface area contributed by atoms with E-state index in [1.807, 2.05) is 18.2 Å². The molecule has 27 heavy (non-hydrogen) atoms. The van der Waals surface area contributed by atoms with Gasteiger partial charge >= 0.3 is 5.97 Å². The number of halogens is 2. The summed E-state index contributed by atoms with van der Waals surface area (Å²) in [6, 6.07) is 14.1. The molecule has 134 valence electrons. The Morgan fingerprint density at radius 1 is 1.04 bits per heavy atom. The Balaban J connectivity index is 1.71. The van der Waals surface area contributed by atoms with Crippen molar-refractivity contribution in [1.82, 2.24) is 10.1 Å². The Hall–Kier alpha value is -2.89. The molecule has 0 radical (unpaired) electrons. The van der Waals surface area contributed by atoms with E-state index in [9.17, 15) is 4.79 Å². The predicted molar refractivity (Wildman–Crippen MR) is 103 cm³/mol. The number of fused-ring (bicyclic) bond motifs is 1. The van der Waals surface area contributed by atoms with Crippen molar-refractivity contribution in [2.45, 2.75) is 6.92 Å². The Morgan fingerprint density at radius 3 is 2.52 bits per heavy atom. The first-order valence-corrected chi connectivity index (χ1v) is 8.78. The molecule has 0 bridgehead atoms. The van der Waals surface area contributed by atoms with Gasteiger partial charge in [-0.05, 0) is 31.2 Å². The predicted octanol–water partition coefficient (Wildman–Crippen LogP) is 5.72. The van der Waals surface area contributed by atoms with E-state index in [-0.39, 0.29) is 5.69 Å². The molecule has 0 aliphatic heterocycles. The smallest absolute Gasteiger partial charge is 0.366 e. The SMILES string of the molecule is Cc1c(C(=O)Oc2cccc3cccnc23)noc1-c1c(Cl)cccc1Cl. The van der Waals surface area contributed by atoms with Gasteiger partial charge in [-0.1, -0.05) is 52.6 Å². The molecule has 0 saturated carbocycles. The van der Waals surface area contributed by atoms with Crippen molar-refractivity contribution in [3.8, 4) is 17.1 Å². The number of aromatic nitrogens is 2. The van der Waals surface area contributed by atoms with E-state index in [1.165, 1.54) is 0 Å². The van der Waals surface area contributed by atoms with Crippen LogP contribution in [0.3, 0.4) is 0 Å². The van der Waals surface area contributed by atoms with Crippen LogP contribution < -0.4 is 4.74 Å². The fourth-order valence-electron chi connectivity index (χ4n) is 2.78. The molecule has 0 atom stereocenters. The lowest BCUT2D eigenvalue weighted by molar-refractivity contribution is 0.0725. The van der Waals surface area contributed by atoms with Gasteiger partial charge in [0.25, 0.3) is 0 Å². The second-order valence-electron chi connectivity index (χ2n) is 5.80. The number of rotatable bonds is 3. The zero-order valence-corrected chi connectivity index (χ0v) is 15.6. The summed E-state index contributed by atoms with van der Waals surface area (Å²) in [5, 5.41) is 5.53. The third kappa shape index (κ3) is 3.16. The monoisotopic (exact) mass is 398 g/mol. The standard InChI is InChI=1S/C20H12Cl2N2O3/c1-11-17(24-27-19(11)16-13(21)7-3-8-14(16)22)20(25)26-15-9-2-5-12-6-4-10-23-18(12)15/h2-10H,1H3. The maximum atomic E-state index is 12.7. The van der Waals surface area contributed by atoms with Gasteiger partial charge in [-0.2, -0.15) is 0 Å². The molecule has 0 amide bonds. The lowest BCUT2D eigenvalue weighted by atomic mass is 10.1. The highest BCUT2D eigenvalue weighted by molar-refractivity contribution is 6.39. The van der Waals surface area contributed by atoms with Crippen LogP contribution in [0.5, 0.6) is 5.75 Å². The minimum Gasteiger partial charge on any atom is -0.419 e. The summed E-state index contributed by atoms with van der Waals surface area (Å²) < 4.78 is 10.9. The molecule has 0 saturated heterocycles. The molecule has 2 aromatic heterocycles. The molecule has 5 nitrogen and oxygen atoms in total. The van der Waals surface area contributed by atoms with E-state index >= 15 is 0 Å². The average molecular weight is 399 g/mol. The van der Waals surface area contributed by atoms with Crippen LogP contribution in [0.2, 0.25) is 10.0 Å². The summed E-state index contributed by atoms with van der Waals surface area (Å²) >= 11 is 12.4. The van der Waals surface area contributed by atoms with Crippen molar-refractivity contribution >= 4 is 40.1 Å². The first-order valence-electron chi connectivity index (χ1n) is 8.03. The van der Waals surface area contributed by atoms with Gasteiger partial charge in [-0.3, -0.25) is 4.98 Å². The molecule has 0 unspecified atom stereocenters. The second-order valence-corrected chi connectivity index (χ2v) is 6.62. The highest BCUT2D eigenvalue weighted by Gasteiger charge is 2.24. The molecule has 0 aliphatic carbocycles. The minimum absolute atomic E-state index is 0.0499. The third-order valence-electron chi connectivity index (χ3n) is 4.11. The van der Waals surface area contributed by atoms with Crippen LogP contribution in [0.25, 0.3) is 22.2 Å². The minimum atomic E-state index is -0.649. The number of carbonyl (C=O) groups excluding carboxylic acids is 1. The summed E-state index contributed by atoms with van der Waals surface area (Å²) in [4.78, 5) is 16.9. The van der Waals surface area contributed by atoms with Gasteiger partial charge < -0.3 is 9.26 Å². The van der Waals surface area contributed by atoms with Crippen LogP contribution in [-0.2, 0) is 0 Å². The Bertz CT molecular complexity index is 1150. The van der Waals surface area contributed by atoms with Crippen molar-refractivity contribution in [2.75, 3.05) is 0 Å². The second kappa shape index (κ2) is 7.02. The van der Waals surface area contributed by atoms with Gasteiger partial charge in [0.15, 0.2) is 17.2 Å². The molecule has 7 heteroatoms. The lowest BCUT2D eigenvalue weighted by Gasteiger charge is -2.06. The molecule has 2 heterocycles. The molecular formula is C20H12Cl2N2O3. The Labute approximate surface area is 164 Å². The normalized spacial score (nSPS) is 10.9. The summed E-state index contributed by atoms with van der Waals surface area (Å²) in [5.74, 6) is 0.0234. The van der Waals surface area contributed by atoms with Gasteiger partial charge in [0, 0.05) is 17.1 Å². The first-order chi connectivity index (χ1) is 13.1. The van der Waals surface area contributed by atoms with E-state index in [0.717, 1.165) is 5.39 Å². The average Bonchev–Trinajstić information content (AvgIpc) is 3.03. The highest BCUT2D eigenvalue weighted by atomic mass is 35.5. The summed E-state index contributed by atoms with van der Waals surface area (Å²) in [6.45, 7) is 1.70. The lowest BCUT2D eigenvalue weighted by Crippen LogP contribution is -2.10. The van der Waals surface area contributed by atoms with Crippen molar-refractivity contribution in [3.63, 3.8) is 0 Å². The molecule has 0 fully saturated rings. The van der Waals surface area contributed by atoms with Crippen LogP contribution >= 0.6 is 23.2 Å². The zero-order valence-electron chi connectivity index (χ0n) is 14.1. The quantitative estimate of drug-likeness (QED) is 0.325. The summed E-state index contributed by atoms with van der Waals surface area (Å²) in [6.07, 6.45) is 1.64. The van der Waals surface area contributed by atoms with Gasteiger partial charge in [-0.15, -0.1) is 0 Å². The fraction of sp³-hybridized carbons (Fsp3) is 0.0500. The Kier molecular flexibility index (Phi) is 4.56. The maximum absolute atomic E-state index is 12.7. The Morgan fingerprint density at radius 2 is 1.74 bits per heavy atom. The maximum Gasteiger partial charge on any atom is 0.366 e. The van der Waals surface area contributed by atoms with Gasteiger partial charge in [-0.25, -0.2) is 4.79 Å². The molecule has 2 aromatic carbocycles. The van der Waals surface area contributed by atoms with E-state index in [4.69, 9.17) is 32.5 Å². The number of nitrogens with zero attached hydrogens (tertiary/aromatic N) is 2.